The first-order valence-electron chi connectivity index (χ1n) is 8.23. The summed E-state index contributed by atoms with van der Waals surface area (Å²) in [5.74, 6) is 0.707. The van der Waals surface area contributed by atoms with Gasteiger partial charge in [-0.1, -0.05) is 13.8 Å². The number of amides is 2. The summed E-state index contributed by atoms with van der Waals surface area (Å²) in [6, 6.07) is 0.0111. The molecule has 2 fully saturated rings. The van der Waals surface area contributed by atoms with Crippen molar-refractivity contribution in [3.8, 4) is 0 Å². The van der Waals surface area contributed by atoms with Crippen LogP contribution >= 0.6 is 0 Å². The van der Waals surface area contributed by atoms with Crippen molar-refractivity contribution in [2.24, 2.45) is 17.8 Å². The lowest BCUT2D eigenvalue weighted by Gasteiger charge is -2.33. The molecule has 2 rings (SSSR count). The fourth-order valence-electron chi connectivity index (χ4n) is 2.99. The van der Waals surface area contributed by atoms with E-state index in [9.17, 15) is 9.59 Å². The van der Waals surface area contributed by atoms with Crippen LogP contribution < -0.4 is 5.32 Å². The first-order chi connectivity index (χ1) is 10.0. The maximum absolute atomic E-state index is 12.4. The highest BCUT2D eigenvalue weighted by Crippen LogP contribution is 2.32. The lowest BCUT2D eigenvalue weighted by atomic mass is 9.94. The summed E-state index contributed by atoms with van der Waals surface area (Å²) in [5.41, 5.74) is 0. The molecule has 1 aliphatic carbocycles. The molecular formula is C16H28N2O3. The average molecular weight is 296 g/mol. The Morgan fingerprint density at radius 1 is 1.24 bits per heavy atom. The molecule has 1 saturated heterocycles. The molecule has 2 amide bonds. The topological polar surface area (TPSA) is 69.6 Å². The molecule has 1 heterocycles. The summed E-state index contributed by atoms with van der Waals surface area (Å²) < 4.78 is 0. The Morgan fingerprint density at radius 2 is 1.95 bits per heavy atom. The minimum Gasteiger partial charge on any atom is -0.396 e. The summed E-state index contributed by atoms with van der Waals surface area (Å²) in [5, 5.41) is 12.1. The number of nitrogens with zero attached hydrogens (tertiary/aromatic N) is 1. The Labute approximate surface area is 127 Å². The first-order valence-corrected chi connectivity index (χ1v) is 8.23. The Balaban J connectivity index is 1.87. The lowest BCUT2D eigenvalue weighted by molar-refractivity contribution is -0.137. The highest BCUT2D eigenvalue weighted by atomic mass is 16.3. The van der Waals surface area contributed by atoms with E-state index in [0.717, 1.165) is 32.2 Å². The van der Waals surface area contributed by atoms with E-state index in [2.05, 4.69) is 5.32 Å². The van der Waals surface area contributed by atoms with Gasteiger partial charge in [-0.05, 0) is 38.0 Å². The molecule has 0 spiro atoms. The molecule has 1 aliphatic heterocycles. The van der Waals surface area contributed by atoms with Crippen LogP contribution in [-0.4, -0.2) is 47.6 Å². The van der Waals surface area contributed by atoms with Crippen LogP contribution in [0.2, 0.25) is 0 Å². The number of hydrogen-bond donors (Lipinski definition) is 2. The maximum Gasteiger partial charge on any atom is 0.225 e. The van der Waals surface area contributed by atoms with Gasteiger partial charge in [-0.2, -0.15) is 0 Å². The van der Waals surface area contributed by atoms with Gasteiger partial charge in [-0.15, -0.1) is 0 Å². The summed E-state index contributed by atoms with van der Waals surface area (Å²) >= 11 is 0. The fraction of sp³-hybridized carbons (Fsp3) is 0.875. The third-order valence-corrected chi connectivity index (χ3v) is 4.60. The van der Waals surface area contributed by atoms with Crippen molar-refractivity contribution >= 4 is 11.8 Å². The molecule has 5 heteroatoms. The molecule has 2 N–H and O–H groups in total. The monoisotopic (exact) mass is 296 g/mol. The Morgan fingerprint density at radius 3 is 2.52 bits per heavy atom. The van der Waals surface area contributed by atoms with Crippen molar-refractivity contribution in [1.82, 2.24) is 10.2 Å². The van der Waals surface area contributed by atoms with Crippen molar-refractivity contribution in [2.75, 3.05) is 19.7 Å². The van der Waals surface area contributed by atoms with Crippen molar-refractivity contribution < 1.29 is 14.7 Å². The van der Waals surface area contributed by atoms with Crippen LogP contribution in [0, 0.1) is 17.8 Å². The molecule has 120 valence electrons. The third kappa shape index (κ3) is 4.43. The van der Waals surface area contributed by atoms with Crippen LogP contribution in [0.3, 0.4) is 0 Å². The second-order valence-corrected chi connectivity index (χ2v) is 6.77. The van der Waals surface area contributed by atoms with Gasteiger partial charge in [0.1, 0.15) is 0 Å². The predicted molar refractivity (Wildman–Crippen MR) is 80.5 cm³/mol. The van der Waals surface area contributed by atoms with Gasteiger partial charge >= 0.3 is 0 Å². The summed E-state index contributed by atoms with van der Waals surface area (Å²) in [6.45, 7) is 5.53. The molecule has 5 nitrogen and oxygen atoms in total. The van der Waals surface area contributed by atoms with Crippen molar-refractivity contribution in [3.05, 3.63) is 0 Å². The zero-order chi connectivity index (χ0) is 15.4. The first kappa shape index (κ1) is 16.3. The van der Waals surface area contributed by atoms with Gasteiger partial charge in [0.05, 0.1) is 5.92 Å². The SMILES string of the molecule is CC(C)C(CCO)NC(=O)C1CCCN(C(=O)C2CC2)C1. The van der Waals surface area contributed by atoms with E-state index in [1.165, 1.54) is 0 Å². The Bertz CT molecular complexity index is 380. The minimum absolute atomic E-state index is 0.0111. The van der Waals surface area contributed by atoms with Gasteiger partial charge < -0.3 is 15.3 Å². The van der Waals surface area contributed by atoms with Crippen LogP contribution in [0.5, 0.6) is 0 Å². The molecule has 2 unspecified atom stereocenters. The Hall–Kier alpha value is -1.10. The quantitative estimate of drug-likeness (QED) is 0.773. The minimum atomic E-state index is -0.0959. The van der Waals surface area contributed by atoms with Crippen LogP contribution in [-0.2, 0) is 9.59 Å². The number of likely N-dealkylation sites (tertiary alicyclic amines) is 1. The van der Waals surface area contributed by atoms with Crippen molar-refractivity contribution in [2.45, 2.75) is 52.0 Å². The van der Waals surface area contributed by atoms with Crippen molar-refractivity contribution in [3.63, 3.8) is 0 Å². The van der Waals surface area contributed by atoms with E-state index in [1.807, 2.05) is 18.7 Å². The third-order valence-electron chi connectivity index (χ3n) is 4.60. The van der Waals surface area contributed by atoms with Crippen LogP contribution in [0.4, 0.5) is 0 Å². The molecule has 0 aromatic carbocycles. The van der Waals surface area contributed by atoms with E-state index in [0.29, 0.717) is 18.9 Å². The highest BCUT2D eigenvalue weighted by Gasteiger charge is 2.37. The number of piperidine rings is 1. The summed E-state index contributed by atoms with van der Waals surface area (Å²) in [7, 11) is 0. The second-order valence-electron chi connectivity index (χ2n) is 6.77. The van der Waals surface area contributed by atoms with Gasteiger partial charge in [0.2, 0.25) is 11.8 Å². The van der Waals surface area contributed by atoms with E-state index >= 15 is 0 Å². The molecule has 0 aromatic heterocycles. The molecule has 0 radical (unpaired) electrons. The standard InChI is InChI=1S/C16H28N2O3/c1-11(2)14(7-9-19)17-15(20)13-4-3-8-18(10-13)16(21)12-5-6-12/h11-14,19H,3-10H2,1-2H3,(H,17,20). The average Bonchev–Trinajstić information content (AvgIpc) is 3.30. The largest absolute Gasteiger partial charge is 0.396 e. The number of carbonyl (C=O) groups excluding carboxylic acids is 2. The molecule has 1 saturated carbocycles. The smallest absolute Gasteiger partial charge is 0.225 e. The van der Waals surface area contributed by atoms with Gasteiger partial charge in [0.15, 0.2) is 0 Å². The predicted octanol–water partition coefficient (Wildman–Crippen LogP) is 1.16. The molecule has 2 aliphatic rings. The number of aliphatic hydroxyl groups is 1. The van der Waals surface area contributed by atoms with Crippen LogP contribution in [0.25, 0.3) is 0 Å². The molecule has 0 bridgehead atoms. The lowest BCUT2D eigenvalue weighted by Crippen LogP contribution is -2.49. The number of aliphatic hydroxyl groups excluding tert-OH is 1. The van der Waals surface area contributed by atoms with Crippen LogP contribution in [0.15, 0.2) is 0 Å². The molecule has 0 aromatic rings. The molecule has 21 heavy (non-hydrogen) atoms. The van der Waals surface area contributed by atoms with Gasteiger partial charge in [-0.3, -0.25) is 9.59 Å². The number of rotatable bonds is 6. The van der Waals surface area contributed by atoms with Crippen molar-refractivity contribution in [1.29, 1.82) is 0 Å². The van der Waals surface area contributed by atoms with Gasteiger partial charge in [0, 0.05) is 31.7 Å². The molecular weight excluding hydrogens is 268 g/mol. The summed E-state index contributed by atoms with van der Waals surface area (Å²) in [4.78, 5) is 26.4. The summed E-state index contributed by atoms with van der Waals surface area (Å²) in [6.07, 6.45) is 4.37. The van der Waals surface area contributed by atoms with E-state index in [-0.39, 0.29) is 36.3 Å². The van der Waals surface area contributed by atoms with Gasteiger partial charge in [0.25, 0.3) is 0 Å². The number of nitrogens with one attached hydrogen (secondary N) is 1. The van der Waals surface area contributed by atoms with E-state index < -0.39 is 0 Å². The van der Waals surface area contributed by atoms with Crippen LogP contribution in [0.1, 0.15) is 46.0 Å². The number of hydrogen-bond acceptors (Lipinski definition) is 3. The Kier molecular flexibility index (Phi) is 5.62. The highest BCUT2D eigenvalue weighted by molar-refractivity contribution is 5.83. The second kappa shape index (κ2) is 7.25. The van der Waals surface area contributed by atoms with E-state index in [4.69, 9.17) is 5.11 Å². The zero-order valence-corrected chi connectivity index (χ0v) is 13.2. The zero-order valence-electron chi connectivity index (χ0n) is 13.2. The normalized spacial score (nSPS) is 24.0. The number of carbonyl (C=O) groups is 2. The fourth-order valence-corrected chi connectivity index (χ4v) is 2.99. The maximum atomic E-state index is 12.4. The van der Waals surface area contributed by atoms with E-state index in [1.54, 1.807) is 0 Å². The molecule has 2 atom stereocenters. The van der Waals surface area contributed by atoms with Gasteiger partial charge in [-0.25, -0.2) is 0 Å².